The van der Waals surface area contributed by atoms with Gasteiger partial charge in [-0.1, -0.05) is 27.5 Å². The number of ether oxygens (including phenoxy) is 1. The van der Waals surface area contributed by atoms with Crippen molar-refractivity contribution in [2.75, 3.05) is 7.11 Å². The maximum Gasteiger partial charge on any atom is 0.416 e. The molecule has 0 aliphatic heterocycles. The van der Waals surface area contributed by atoms with Crippen LogP contribution in [0, 0.1) is 0 Å². The van der Waals surface area contributed by atoms with E-state index in [1.165, 1.54) is 7.11 Å². The van der Waals surface area contributed by atoms with Crippen LogP contribution < -0.4 is 5.32 Å². The first-order valence-electron chi connectivity index (χ1n) is 7.61. The van der Waals surface area contributed by atoms with Gasteiger partial charge < -0.3 is 10.1 Å². The third kappa shape index (κ3) is 5.71. The predicted octanol–water partition coefficient (Wildman–Crippen LogP) is 4.64. The molecule has 1 N–H and O–H groups in total. The number of methoxy groups -OCH3 is 1. The van der Waals surface area contributed by atoms with Crippen LogP contribution >= 0.6 is 27.5 Å². The Kier molecular flexibility index (Phi) is 6.89. The number of carbonyl (C=O) groups is 2. The number of hydrogen-bond donors (Lipinski definition) is 1. The van der Waals surface area contributed by atoms with Gasteiger partial charge in [-0.05, 0) is 48.0 Å². The second-order valence-electron chi connectivity index (χ2n) is 5.56. The van der Waals surface area contributed by atoms with E-state index >= 15 is 0 Å². The lowest BCUT2D eigenvalue weighted by Gasteiger charge is -2.18. The molecule has 0 saturated carbocycles. The van der Waals surface area contributed by atoms with E-state index in [-0.39, 0.29) is 12.0 Å². The zero-order chi connectivity index (χ0) is 20.2. The van der Waals surface area contributed by atoms with Crippen molar-refractivity contribution in [3.05, 3.63) is 68.7 Å². The van der Waals surface area contributed by atoms with Crippen LogP contribution in [-0.2, 0) is 22.1 Å². The maximum atomic E-state index is 12.6. The number of rotatable bonds is 5. The molecule has 2 aromatic carbocycles. The molecule has 0 bridgehead atoms. The summed E-state index contributed by atoms with van der Waals surface area (Å²) in [5, 5.41) is 2.93. The van der Waals surface area contributed by atoms with Crippen molar-refractivity contribution in [1.82, 2.24) is 5.32 Å². The lowest BCUT2D eigenvalue weighted by atomic mass is 10.0. The van der Waals surface area contributed by atoms with Crippen LogP contribution in [-0.4, -0.2) is 25.0 Å². The van der Waals surface area contributed by atoms with Gasteiger partial charge in [-0.15, -0.1) is 0 Å². The molecule has 0 saturated heterocycles. The van der Waals surface area contributed by atoms with E-state index in [0.717, 1.165) is 24.3 Å². The number of halogens is 5. The van der Waals surface area contributed by atoms with E-state index in [1.54, 1.807) is 18.2 Å². The first kappa shape index (κ1) is 21.2. The molecular weight excluding hydrogens is 451 g/mol. The summed E-state index contributed by atoms with van der Waals surface area (Å²) in [6.45, 7) is 0. The molecule has 0 aliphatic carbocycles. The minimum atomic E-state index is -4.50. The van der Waals surface area contributed by atoms with Gasteiger partial charge in [0.2, 0.25) is 0 Å². The third-order valence-corrected chi connectivity index (χ3v) is 4.71. The highest BCUT2D eigenvalue weighted by Gasteiger charge is 2.30. The molecule has 4 nitrogen and oxygen atoms in total. The molecule has 0 unspecified atom stereocenters. The summed E-state index contributed by atoms with van der Waals surface area (Å²) in [4.78, 5) is 24.4. The summed E-state index contributed by atoms with van der Waals surface area (Å²) in [5.74, 6) is -1.39. The highest BCUT2D eigenvalue weighted by atomic mass is 79.9. The molecule has 1 atom stereocenters. The van der Waals surface area contributed by atoms with Crippen LogP contribution in [0.1, 0.15) is 21.5 Å². The highest BCUT2D eigenvalue weighted by molar-refractivity contribution is 9.10. The van der Waals surface area contributed by atoms with Crippen LogP contribution in [0.15, 0.2) is 46.9 Å². The molecule has 2 rings (SSSR count). The molecule has 27 heavy (non-hydrogen) atoms. The minimum Gasteiger partial charge on any atom is -0.467 e. The summed E-state index contributed by atoms with van der Waals surface area (Å²) in [7, 11) is 1.17. The monoisotopic (exact) mass is 463 g/mol. The van der Waals surface area contributed by atoms with Gasteiger partial charge >= 0.3 is 12.1 Å². The van der Waals surface area contributed by atoms with E-state index in [1.807, 2.05) is 0 Å². The molecule has 0 fully saturated rings. The number of alkyl halides is 3. The van der Waals surface area contributed by atoms with Crippen molar-refractivity contribution in [3.63, 3.8) is 0 Å². The van der Waals surface area contributed by atoms with Crippen molar-refractivity contribution in [3.8, 4) is 0 Å². The fourth-order valence-corrected chi connectivity index (χ4v) is 2.91. The lowest BCUT2D eigenvalue weighted by molar-refractivity contribution is -0.142. The van der Waals surface area contributed by atoms with Crippen molar-refractivity contribution < 1.29 is 27.5 Å². The molecule has 0 spiro atoms. The topological polar surface area (TPSA) is 55.4 Å². The Morgan fingerprint density at radius 3 is 2.37 bits per heavy atom. The Morgan fingerprint density at radius 2 is 1.81 bits per heavy atom. The van der Waals surface area contributed by atoms with Gasteiger partial charge in [0.05, 0.1) is 12.7 Å². The van der Waals surface area contributed by atoms with Crippen molar-refractivity contribution in [2.24, 2.45) is 0 Å². The number of hydrogen-bond acceptors (Lipinski definition) is 3. The molecule has 2 aromatic rings. The van der Waals surface area contributed by atoms with Crippen LogP contribution in [0.3, 0.4) is 0 Å². The fourth-order valence-electron chi connectivity index (χ4n) is 2.31. The first-order valence-corrected chi connectivity index (χ1v) is 8.79. The Balaban J connectivity index is 2.19. The molecule has 1 amide bonds. The molecular formula is C18H14BrClF3NO3. The lowest BCUT2D eigenvalue weighted by Crippen LogP contribution is -2.43. The maximum absolute atomic E-state index is 12.6. The van der Waals surface area contributed by atoms with E-state index in [9.17, 15) is 22.8 Å². The summed E-state index contributed by atoms with van der Waals surface area (Å²) < 4.78 is 43.2. The summed E-state index contributed by atoms with van der Waals surface area (Å²) in [5.41, 5.74) is -0.223. The second kappa shape index (κ2) is 8.75. The van der Waals surface area contributed by atoms with Crippen LogP contribution in [0.2, 0.25) is 5.02 Å². The van der Waals surface area contributed by atoms with Gasteiger partial charge in [0.15, 0.2) is 0 Å². The SMILES string of the molecule is COC(=O)[C@H](Cc1cc(Cl)ccc1Br)NC(=O)c1ccc(C(F)(F)F)cc1. The Morgan fingerprint density at radius 1 is 1.19 bits per heavy atom. The standard InChI is InChI=1S/C18H14BrClF3NO3/c1-27-17(26)15(9-11-8-13(20)6-7-14(11)19)24-16(25)10-2-4-12(5-3-10)18(21,22)23/h2-8,15H,9H2,1H3,(H,24,25)/t15-/m0/s1. The smallest absolute Gasteiger partial charge is 0.416 e. The normalized spacial score (nSPS) is 12.4. The number of esters is 1. The van der Waals surface area contributed by atoms with E-state index in [0.29, 0.717) is 15.1 Å². The number of benzene rings is 2. The summed E-state index contributed by atoms with van der Waals surface area (Å²) in [6.07, 6.45) is -4.41. The van der Waals surface area contributed by atoms with Crippen molar-refractivity contribution >= 4 is 39.4 Å². The van der Waals surface area contributed by atoms with Gasteiger partial charge in [-0.25, -0.2) is 4.79 Å². The molecule has 0 heterocycles. The van der Waals surface area contributed by atoms with Gasteiger partial charge in [0, 0.05) is 21.5 Å². The Labute approximate surface area is 166 Å². The highest BCUT2D eigenvalue weighted by Crippen LogP contribution is 2.29. The Hall–Kier alpha value is -2.06. The average Bonchev–Trinajstić information content (AvgIpc) is 2.62. The zero-order valence-electron chi connectivity index (χ0n) is 13.9. The van der Waals surface area contributed by atoms with Gasteiger partial charge in [0.25, 0.3) is 5.91 Å². The fraction of sp³-hybridized carbons (Fsp3) is 0.222. The molecule has 0 aromatic heterocycles. The minimum absolute atomic E-state index is 0.0120. The van der Waals surface area contributed by atoms with E-state index in [2.05, 4.69) is 21.2 Å². The number of nitrogens with one attached hydrogen (secondary N) is 1. The quantitative estimate of drug-likeness (QED) is 0.656. The predicted molar refractivity (Wildman–Crippen MR) is 97.6 cm³/mol. The van der Waals surface area contributed by atoms with E-state index < -0.39 is 29.7 Å². The van der Waals surface area contributed by atoms with Gasteiger partial charge in [0.1, 0.15) is 6.04 Å². The van der Waals surface area contributed by atoms with Crippen molar-refractivity contribution in [2.45, 2.75) is 18.6 Å². The van der Waals surface area contributed by atoms with E-state index in [4.69, 9.17) is 16.3 Å². The zero-order valence-corrected chi connectivity index (χ0v) is 16.3. The van der Waals surface area contributed by atoms with Crippen molar-refractivity contribution in [1.29, 1.82) is 0 Å². The molecule has 144 valence electrons. The average molecular weight is 465 g/mol. The molecule has 0 radical (unpaired) electrons. The molecule has 0 aliphatic rings. The largest absolute Gasteiger partial charge is 0.467 e. The van der Waals surface area contributed by atoms with Crippen LogP contribution in [0.5, 0.6) is 0 Å². The molecule has 9 heteroatoms. The Bertz CT molecular complexity index is 841. The van der Waals surface area contributed by atoms with Crippen LogP contribution in [0.25, 0.3) is 0 Å². The van der Waals surface area contributed by atoms with Crippen LogP contribution in [0.4, 0.5) is 13.2 Å². The summed E-state index contributed by atoms with van der Waals surface area (Å²) in [6, 6.07) is 7.63. The third-order valence-electron chi connectivity index (χ3n) is 3.70. The second-order valence-corrected chi connectivity index (χ2v) is 6.85. The number of amides is 1. The van der Waals surface area contributed by atoms with Gasteiger partial charge in [-0.3, -0.25) is 4.79 Å². The first-order chi connectivity index (χ1) is 12.6. The summed E-state index contributed by atoms with van der Waals surface area (Å²) >= 11 is 9.29. The number of carbonyl (C=O) groups excluding carboxylic acids is 2. The van der Waals surface area contributed by atoms with Gasteiger partial charge in [-0.2, -0.15) is 13.2 Å².